The highest BCUT2D eigenvalue weighted by atomic mass is 19.4. The molecule has 1 aliphatic heterocycles. The summed E-state index contributed by atoms with van der Waals surface area (Å²) in [6.07, 6.45) is -4.87. The van der Waals surface area contributed by atoms with Crippen molar-refractivity contribution in [2.45, 2.75) is 63.0 Å². The monoisotopic (exact) mass is 557 g/mol. The molecule has 1 aromatic carbocycles. The van der Waals surface area contributed by atoms with Crippen LogP contribution in [0.4, 0.5) is 27.6 Å². The average Bonchev–Trinajstić information content (AvgIpc) is 3.10. The van der Waals surface area contributed by atoms with Crippen molar-refractivity contribution < 1.29 is 46.1 Å². The summed E-state index contributed by atoms with van der Waals surface area (Å²) in [7, 11) is 0. The molecule has 0 radical (unpaired) electrons. The van der Waals surface area contributed by atoms with Crippen LogP contribution in [0.1, 0.15) is 55.6 Å². The number of hydrogen-bond acceptors (Lipinski definition) is 6. The number of nitrogens with two attached hydrogens (primary N) is 1. The lowest BCUT2D eigenvalue weighted by Crippen LogP contribution is -2.47. The molecule has 39 heavy (non-hydrogen) atoms. The number of alkyl halides is 3. The van der Waals surface area contributed by atoms with E-state index in [9.17, 15) is 32.3 Å². The predicted octanol–water partition coefficient (Wildman–Crippen LogP) is 4.08. The number of nitrogens with one attached hydrogen (secondary N) is 1. The van der Waals surface area contributed by atoms with Gasteiger partial charge in [-0.25, -0.2) is 4.39 Å². The standard InChI is InChI=1S/C26H28F5N3O5/c1-12-18(15-4-5-16(27)19(28)20(15)38-11-13-9-24(2,37)10-13)21(39-25(12,3)26(29,30)31)23(36)34-14-6-7-33-17(8-14)22(32)35/h4-8,12-13,18,21,37H,9-11H2,1-3H3,(H2,32,35)(H,33,34,36)/t12-,13?,18-,21+,24?,25+/m0/s1. The summed E-state index contributed by atoms with van der Waals surface area (Å²) in [6, 6.07) is 4.25. The first-order valence-electron chi connectivity index (χ1n) is 12.2. The minimum atomic E-state index is -4.92. The number of rotatable bonds is 7. The van der Waals surface area contributed by atoms with Crippen LogP contribution in [0.3, 0.4) is 0 Å². The molecule has 0 unspecified atom stereocenters. The highest BCUT2D eigenvalue weighted by Gasteiger charge is 2.66. The Morgan fingerprint density at radius 3 is 2.49 bits per heavy atom. The Morgan fingerprint density at radius 2 is 1.90 bits per heavy atom. The van der Waals surface area contributed by atoms with Crippen LogP contribution in [0.5, 0.6) is 5.75 Å². The number of hydrogen-bond donors (Lipinski definition) is 3. The van der Waals surface area contributed by atoms with Gasteiger partial charge in [-0.3, -0.25) is 14.6 Å². The van der Waals surface area contributed by atoms with Gasteiger partial charge in [-0.2, -0.15) is 17.6 Å². The first-order valence-corrected chi connectivity index (χ1v) is 12.2. The lowest BCUT2D eigenvalue weighted by Gasteiger charge is -2.40. The van der Waals surface area contributed by atoms with E-state index in [0.29, 0.717) is 12.8 Å². The van der Waals surface area contributed by atoms with Gasteiger partial charge in [0.2, 0.25) is 5.82 Å². The molecule has 8 nitrogen and oxygen atoms in total. The molecule has 13 heteroatoms. The van der Waals surface area contributed by atoms with E-state index >= 15 is 4.39 Å². The number of ether oxygens (including phenoxy) is 2. The molecule has 1 aliphatic carbocycles. The second kappa shape index (κ2) is 10.0. The molecule has 212 valence electrons. The van der Waals surface area contributed by atoms with Crippen molar-refractivity contribution in [2.24, 2.45) is 17.6 Å². The normalized spacial score (nSPS) is 30.5. The summed E-state index contributed by atoms with van der Waals surface area (Å²) < 4.78 is 82.9. The lowest BCUT2D eigenvalue weighted by atomic mass is 9.72. The van der Waals surface area contributed by atoms with Gasteiger partial charge in [-0.1, -0.05) is 13.0 Å². The van der Waals surface area contributed by atoms with E-state index < -0.39 is 64.5 Å². The van der Waals surface area contributed by atoms with E-state index in [1.807, 2.05) is 0 Å². The maximum atomic E-state index is 15.0. The molecule has 2 amide bonds. The van der Waals surface area contributed by atoms with Crippen molar-refractivity contribution >= 4 is 17.5 Å². The van der Waals surface area contributed by atoms with Gasteiger partial charge in [0.25, 0.3) is 11.8 Å². The number of carbonyl (C=O) groups is 2. The van der Waals surface area contributed by atoms with E-state index in [0.717, 1.165) is 25.1 Å². The number of benzene rings is 1. The summed E-state index contributed by atoms with van der Waals surface area (Å²) in [5.74, 6) is -8.26. The molecular weight excluding hydrogens is 529 g/mol. The lowest BCUT2D eigenvalue weighted by molar-refractivity contribution is -0.272. The minimum Gasteiger partial charge on any atom is -0.490 e. The van der Waals surface area contributed by atoms with E-state index in [-0.39, 0.29) is 29.5 Å². The van der Waals surface area contributed by atoms with E-state index in [4.69, 9.17) is 15.2 Å². The minimum absolute atomic E-state index is 0.0122. The van der Waals surface area contributed by atoms with E-state index in [1.54, 1.807) is 6.92 Å². The van der Waals surface area contributed by atoms with Crippen LogP contribution in [-0.2, 0) is 9.53 Å². The summed E-state index contributed by atoms with van der Waals surface area (Å²) in [5.41, 5.74) is 1.10. The molecule has 4 rings (SSSR count). The summed E-state index contributed by atoms with van der Waals surface area (Å²) in [4.78, 5) is 28.5. The van der Waals surface area contributed by atoms with Gasteiger partial charge in [-0.05, 0) is 50.8 Å². The highest BCUT2D eigenvalue weighted by Crippen LogP contribution is 2.55. The van der Waals surface area contributed by atoms with E-state index in [1.165, 1.54) is 19.2 Å². The van der Waals surface area contributed by atoms with Crippen LogP contribution in [0.15, 0.2) is 30.5 Å². The van der Waals surface area contributed by atoms with Crippen LogP contribution in [-0.4, -0.2) is 52.0 Å². The third-order valence-electron chi connectivity index (χ3n) is 7.57. The molecule has 1 saturated carbocycles. The van der Waals surface area contributed by atoms with Gasteiger partial charge >= 0.3 is 6.18 Å². The predicted molar refractivity (Wildman–Crippen MR) is 128 cm³/mol. The Labute approximate surface area is 220 Å². The molecule has 0 spiro atoms. The van der Waals surface area contributed by atoms with Gasteiger partial charge in [0, 0.05) is 29.3 Å². The number of pyridine rings is 1. The van der Waals surface area contributed by atoms with Crippen LogP contribution in [0.25, 0.3) is 0 Å². The zero-order valence-corrected chi connectivity index (χ0v) is 21.3. The molecule has 2 heterocycles. The number of amides is 2. The fourth-order valence-corrected chi connectivity index (χ4v) is 5.34. The van der Waals surface area contributed by atoms with Gasteiger partial charge in [0.05, 0.1) is 12.2 Å². The summed E-state index contributed by atoms with van der Waals surface area (Å²) >= 11 is 0. The first kappa shape index (κ1) is 28.7. The molecular formula is C26H28F5N3O5. The largest absolute Gasteiger partial charge is 0.490 e. The number of aliphatic hydroxyl groups is 1. The number of aromatic nitrogens is 1. The number of primary amides is 1. The first-order chi connectivity index (χ1) is 18.0. The Morgan fingerprint density at radius 1 is 1.23 bits per heavy atom. The zero-order chi connectivity index (χ0) is 28.9. The molecule has 1 saturated heterocycles. The van der Waals surface area contributed by atoms with Gasteiger partial charge in [-0.15, -0.1) is 0 Å². The maximum absolute atomic E-state index is 15.0. The third kappa shape index (κ3) is 5.42. The van der Waals surface area contributed by atoms with Crippen LogP contribution < -0.4 is 15.8 Å². The Balaban J connectivity index is 1.71. The Bertz CT molecular complexity index is 1280. The van der Waals surface area contributed by atoms with Crippen molar-refractivity contribution in [1.29, 1.82) is 0 Å². The molecule has 4 atom stereocenters. The second-order valence-corrected chi connectivity index (χ2v) is 10.6. The van der Waals surface area contributed by atoms with Gasteiger partial charge in [0.1, 0.15) is 11.8 Å². The summed E-state index contributed by atoms with van der Waals surface area (Å²) in [5, 5.41) is 12.3. The number of nitrogens with zero attached hydrogens (tertiary/aromatic N) is 1. The molecule has 0 bridgehead atoms. The number of carbonyl (C=O) groups excluding carboxylic acids is 2. The molecule has 2 aliphatic rings. The highest BCUT2D eigenvalue weighted by molar-refractivity contribution is 5.97. The van der Waals surface area contributed by atoms with Crippen LogP contribution in [0.2, 0.25) is 0 Å². The fourth-order valence-electron chi connectivity index (χ4n) is 5.34. The third-order valence-corrected chi connectivity index (χ3v) is 7.57. The van der Waals surface area contributed by atoms with Crippen molar-refractivity contribution in [3.8, 4) is 5.75 Å². The number of halogens is 5. The van der Waals surface area contributed by atoms with Crippen LogP contribution >= 0.6 is 0 Å². The topological polar surface area (TPSA) is 124 Å². The average molecular weight is 558 g/mol. The van der Waals surface area contributed by atoms with Crippen molar-refractivity contribution in [2.75, 3.05) is 11.9 Å². The quantitative estimate of drug-likeness (QED) is 0.441. The van der Waals surface area contributed by atoms with Crippen molar-refractivity contribution in [3.63, 3.8) is 0 Å². The molecule has 1 aromatic heterocycles. The van der Waals surface area contributed by atoms with Crippen molar-refractivity contribution in [3.05, 3.63) is 53.4 Å². The van der Waals surface area contributed by atoms with Gasteiger partial charge < -0.3 is 25.6 Å². The molecule has 4 N–H and O–H groups in total. The number of anilines is 1. The SMILES string of the molecule is C[C@H]1[C@@H](c2ccc(F)c(F)c2OCC2CC(C)(O)C2)[C@H](C(=O)Nc2ccnc(C(N)=O)c2)O[C@@]1(C)C(F)(F)F. The molecule has 2 fully saturated rings. The Hall–Kier alpha value is -3.32. The van der Waals surface area contributed by atoms with Crippen molar-refractivity contribution in [1.82, 2.24) is 4.98 Å². The maximum Gasteiger partial charge on any atom is 0.417 e. The van der Waals surface area contributed by atoms with Gasteiger partial charge in [0.15, 0.2) is 17.2 Å². The molecule has 2 aromatic rings. The smallest absolute Gasteiger partial charge is 0.417 e. The van der Waals surface area contributed by atoms with E-state index in [2.05, 4.69) is 10.3 Å². The Kier molecular flexibility index (Phi) is 7.36. The fraction of sp³-hybridized carbons (Fsp3) is 0.500. The van der Waals surface area contributed by atoms with Crippen LogP contribution in [0, 0.1) is 23.5 Å². The second-order valence-electron chi connectivity index (χ2n) is 10.6. The zero-order valence-electron chi connectivity index (χ0n) is 21.3. The summed E-state index contributed by atoms with van der Waals surface area (Å²) in [6.45, 7) is 3.49.